The lowest BCUT2D eigenvalue weighted by molar-refractivity contribution is -0.207. The highest BCUT2D eigenvalue weighted by molar-refractivity contribution is 5.14. The van der Waals surface area contributed by atoms with Crippen molar-refractivity contribution in [2.24, 2.45) is 52.3 Å². The van der Waals surface area contributed by atoms with Crippen LogP contribution in [0.2, 0.25) is 0 Å². The average molecular weight is 453 g/mol. The molecule has 0 bridgehead atoms. The van der Waals surface area contributed by atoms with Gasteiger partial charge in [0.2, 0.25) is 0 Å². The first kappa shape index (κ1) is 24.9. The van der Waals surface area contributed by atoms with Gasteiger partial charge in [0.05, 0.1) is 24.4 Å². The van der Waals surface area contributed by atoms with Crippen molar-refractivity contribution >= 4 is 0 Å². The first-order valence-corrected chi connectivity index (χ1v) is 13.4. The SMILES string of the molecule is C[C@H](CC[C@@H](O)[C@H](C)CO)C1CCC2C3C(O)C[C@@H]4C[C@H](O)CC[C@]4(C)C3C[C@H](O)[C@@]21C. The highest BCUT2D eigenvalue weighted by Crippen LogP contribution is 2.68. The molecule has 0 aromatic carbocycles. The normalized spacial score (nSPS) is 51.3. The van der Waals surface area contributed by atoms with Crippen molar-refractivity contribution in [3.63, 3.8) is 0 Å². The summed E-state index contributed by atoms with van der Waals surface area (Å²) < 4.78 is 0. The summed E-state index contributed by atoms with van der Waals surface area (Å²) in [4.78, 5) is 0. The van der Waals surface area contributed by atoms with Gasteiger partial charge in [0.1, 0.15) is 0 Å². The summed E-state index contributed by atoms with van der Waals surface area (Å²) in [6.07, 6.45) is 6.54. The van der Waals surface area contributed by atoms with Gasteiger partial charge in [-0.2, -0.15) is 0 Å². The van der Waals surface area contributed by atoms with Crippen molar-refractivity contribution in [1.82, 2.24) is 0 Å². The molecule has 0 saturated heterocycles. The molecule has 4 aliphatic rings. The third kappa shape index (κ3) is 3.88. The maximum Gasteiger partial charge on any atom is 0.0602 e. The van der Waals surface area contributed by atoms with E-state index in [1.54, 1.807) is 0 Å². The lowest BCUT2D eigenvalue weighted by Gasteiger charge is -2.63. The molecule has 0 heterocycles. The third-order valence-electron chi connectivity index (χ3n) is 11.4. The lowest BCUT2D eigenvalue weighted by atomic mass is 9.43. The van der Waals surface area contributed by atoms with Gasteiger partial charge < -0.3 is 25.5 Å². The molecule has 32 heavy (non-hydrogen) atoms. The molecule has 0 amide bonds. The van der Waals surface area contributed by atoms with E-state index < -0.39 is 6.10 Å². The second-order valence-corrected chi connectivity index (χ2v) is 12.8. The Hall–Kier alpha value is -0.200. The van der Waals surface area contributed by atoms with E-state index in [0.717, 1.165) is 51.4 Å². The highest BCUT2D eigenvalue weighted by Gasteiger charge is 2.65. The number of aliphatic hydroxyl groups is 5. The number of hydrogen-bond acceptors (Lipinski definition) is 5. The zero-order valence-electron chi connectivity index (χ0n) is 20.7. The smallest absolute Gasteiger partial charge is 0.0602 e. The number of aliphatic hydroxyl groups excluding tert-OH is 5. The number of fused-ring (bicyclic) bond motifs is 5. The van der Waals surface area contributed by atoms with Gasteiger partial charge in [-0.05, 0) is 104 Å². The zero-order chi connectivity index (χ0) is 23.4. The van der Waals surface area contributed by atoms with Crippen LogP contribution < -0.4 is 0 Å². The molecule has 5 nitrogen and oxygen atoms in total. The Labute approximate surface area is 194 Å². The molecule has 5 heteroatoms. The first-order chi connectivity index (χ1) is 15.0. The van der Waals surface area contributed by atoms with Gasteiger partial charge in [-0.15, -0.1) is 0 Å². The predicted octanol–water partition coefficient (Wildman–Crippen LogP) is 3.35. The summed E-state index contributed by atoms with van der Waals surface area (Å²) >= 11 is 0. The van der Waals surface area contributed by atoms with E-state index in [1.165, 1.54) is 0 Å². The minimum absolute atomic E-state index is 0.00915. The topological polar surface area (TPSA) is 101 Å². The minimum Gasteiger partial charge on any atom is -0.396 e. The molecule has 4 saturated carbocycles. The van der Waals surface area contributed by atoms with Crippen LogP contribution in [-0.4, -0.2) is 56.6 Å². The molecule has 0 radical (unpaired) electrons. The Morgan fingerprint density at radius 1 is 0.906 bits per heavy atom. The van der Waals surface area contributed by atoms with Crippen molar-refractivity contribution in [2.45, 2.75) is 110 Å². The molecule has 4 rings (SSSR count). The van der Waals surface area contributed by atoms with Gasteiger partial charge in [0, 0.05) is 12.5 Å². The molecule has 186 valence electrons. The van der Waals surface area contributed by atoms with Crippen LogP contribution in [0.1, 0.15) is 85.5 Å². The van der Waals surface area contributed by atoms with E-state index in [0.29, 0.717) is 36.0 Å². The molecule has 0 aromatic rings. The maximum absolute atomic E-state index is 11.6. The molecule has 0 aromatic heterocycles. The number of hydrogen-bond donors (Lipinski definition) is 5. The van der Waals surface area contributed by atoms with Gasteiger partial charge in [-0.25, -0.2) is 0 Å². The molecule has 5 unspecified atom stereocenters. The molecular weight excluding hydrogens is 404 g/mol. The van der Waals surface area contributed by atoms with E-state index in [1.807, 2.05) is 6.92 Å². The summed E-state index contributed by atoms with van der Waals surface area (Å²) in [5.74, 6) is 1.96. The van der Waals surface area contributed by atoms with E-state index in [9.17, 15) is 25.5 Å². The van der Waals surface area contributed by atoms with Gasteiger partial charge in [0.25, 0.3) is 0 Å². The van der Waals surface area contributed by atoms with Gasteiger partial charge in [-0.1, -0.05) is 27.7 Å². The van der Waals surface area contributed by atoms with Crippen LogP contribution in [0.5, 0.6) is 0 Å². The molecule has 13 atom stereocenters. The van der Waals surface area contributed by atoms with Crippen molar-refractivity contribution in [1.29, 1.82) is 0 Å². The van der Waals surface area contributed by atoms with Crippen molar-refractivity contribution in [3.05, 3.63) is 0 Å². The van der Waals surface area contributed by atoms with E-state index in [4.69, 9.17) is 0 Å². The fourth-order valence-electron chi connectivity index (χ4n) is 9.17. The van der Waals surface area contributed by atoms with Crippen molar-refractivity contribution in [3.8, 4) is 0 Å². The Kier molecular flexibility index (Phi) is 7.09. The van der Waals surface area contributed by atoms with Gasteiger partial charge >= 0.3 is 0 Å². The summed E-state index contributed by atoms with van der Waals surface area (Å²) in [6.45, 7) is 8.82. The van der Waals surface area contributed by atoms with Crippen LogP contribution in [0.15, 0.2) is 0 Å². The minimum atomic E-state index is -0.480. The van der Waals surface area contributed by atoms with Crippen LogP contribution in [0.3, 0.4) is 0 Å². The summed E-state index contributed by atoms with van der Waals surface area (Å²) in [5.41, 5.74) is -0.0772. The van der Waals surface area contributed by atoms with Crippen LogP contribution in [-0.2, 0) is 0 Å². The molecular formula is C27H48O5. The quantitative estimate of drug-likeness (QED) is 0.425. The largest absolute Gasteiger partial charge is 0.396 e. The third-order valence-corrected chi connectivity index (χ3v) is 11.4. The fourth-order valence-corrected chi connectivity index (χ4v) is 9.17. The Bertz CT molecular complexity index is 656. The fraction of sp³-hybridized carbons (Fsp3) is 1.00. The Morgan fingerprint density at radius 2 is 1.62 bits per heavy atom. The number of rotatable bonds is 6. The Morgan fingerprint density at radius 3 is 2.31 bits per heavy atom. The van der Waals surface area contributed by atoms with E-state index >= 15 is 0 Å². The second kappa shape index (κ2) is 9.11. The molecule has 5 N–H and O–H groups in total. The van der Waals surface area contributed by atoms with Crippen LogP contribution >= 0.6 is 0 Å². The zero-order valence-corrected chi connectivity index (χ0v) is 20.7. The Balaban J connectivity index is 1.53. The van der Waals surface area contributed by atoms with Crippen LogP contribution in [0.4, 0.5) is 0 Å². The molecule has 0 aliphatic heterocycles. The molecule has 4 aliphatic carbocycles. The monoisotopic (exact) mass is 452 g/mol. The van der Waals surface area contributed by atoms with Crippen molar-refractivity contribution in [2.75, 3.05) is 6.61 Å². The standard InChI is InChI=1S/C27H48O5/c1-15(5-8-22(30)16(2)14-28)19-6-7-20-25-21(13-24(32)27(19,20)4)26(3)10-9-18(29)11-17(26)12-23(25)31/h15-25,28-32H,5-14H2,1-4H3/t15-,16-,17+,18-,19?,20?,21?,22-,23?,24+,25?,26+,27-/m1/s1. The predicted molar refractivity (Wildman–Crippen MR) is 125 cm³/mol. The van der Waals surface area contributed by atoms with Crippen LogP contribution in [0, 0.1) is 52.3 Å². The highest BCUT2D eigenvalue weighted by atomic mass is 16.3. The van der Waals surface area contributed by atoms with Crippen molar-refractivity contribution < 1.29 is 25.5 Å². The van der Waals surface area contributed by atoms with Gasteiger partial charge in [0.15, 0.2) is 0 Å². The second-order valence-electron chi connectivity index (χ2n) is 12.8. The van der Waals surface area contributed by atoms with E-state index in [-0.39, 0.29) is 47.6 Å². The average Bonchev–Trinajstić information content (AvgIpc) is 3.11. The summed E-state index contributed by atoms with van der Waals surface area (Å²) in [5, 5.41) is 52.9. The van der Waals surface area contributed by atoms with Gasteiger partial charge in [-0.3, -0.25) is 0 Å². The van der Waals surface area contributed by atoms with E-state index in [2.05, 4.69) is 20.8 Å². The summed E-state index contributed by atoms with van der Waals surface area (Å²) in [6, 6.07) is 0. The summed E-state index contributed by atoms with van der Waals surface area (Å²) in [7, 11) is 0. The first-order valence-electron chi connectivity index (χ1n) is 13.4. The van der Waals surface area contributed by atoms with Crippen LogP contribution in [0.25, 0.3) is 0 Å². The molecule has 0 spiro atoms. The molecule has 4 fully saturated rings. The lowest BCUT2D eigenvalue weighted by Crippen LogP contribution is -2.62. The maximum atomic E-state index is 11.6.